The maximum absolute atomic E-state index is 12.8. The predicted molar refractivity (Wildman–Crippen MR) is 216 cm³/mol. The summed E-state index contributed by atoms with van der Waals surface area (Å²) in [5.41, 5.74) is 8.37. The van der Waals surface area contributed by atoms with Crippen molar-refractivity contribution in [1.29, 1.82) is 0 Å². The van der Waals surface area contributed by atoms with Crippen LogP contribution in [0.4, 0.5) is 0 Å². The number of rotatable bonds is 13. The predicted octanol–water partition coefficient (Wildman–Crippen LogP) is 13.8. The third-order valence-corrected chi connectivity index (χ3v) is 14.7. The van der Waals surface area contributed by atoms with Crippen molar-refractivity contribution >= 4 is 16.6 Å². The van der Waals surface area contributed by atoms with Gasteiger partial charge in [-0.2, -0.15) is 0 Å². The fourth-order valence-corrected chi connectivity index (χ4v) is 11.4. The summed E-state index contributed by atoms with van der Waals surface area (Å²) in [6.45, 7) is 16.5. The maximum atomic E-state index is 12.8. The SMILES string of the molecule is Cc1cc2cc(-c3ccc4c(c3)CC[C@@H]3[C@@H]4CC[C@]4(C)C(=O)CC[C@@H]34)ccc2c2c1O[C@](C)(CCC[C@H](C)CCC[C@H](C)CCCC(C)C)CC2. The number of hydrogen-bond acceptors (Lipinski definition) is 2. The molecule has 0 unspecified atom stereocenters. The lowest BCUT2D eigenvalue weighted by atomic mass is 9.55. The first-order valence-electron chi connectivity index (χ1n) is 21.4. The number of carbonyl (C=O) groups excluding carboxylic acids is 1. The highest BCUT2D eigenvalue weighted by atomic mass is 16.5. The number of ketones is 1. The van der Waals surface area contributed by atoms with Crippen LogP contribution in [-0.2, 0) is 17.6 Å². The van der Waals surface area contributed by atoms with Crippen molar-refractivity contribution in [2.45, 2.75) is 169 Å². The Kier molecular flexibility index (Phi) is 10.8. The van der Waals surface area contributed by atoms with Crippen LogP contribution in [0.3, 0.4) is 0 Å². The van der Waals surface area contributed by atoms with Gasteiger partial charge in [0.1, 0.15) is 17.1 Å². The lowest BCUT2D eigenvalue weighted by Gasteiger charge is -2.48. The quantitative estimate of drug-likeness (QED) is 0.179. The molecule has 4 aliphatic rings. The summed E-state index contributed by atoms with van der Waals surface area (Å²) >= 11 is 0. The molecule has 276 valence electrons. The molecule has 0 aromatic heterocycles. The van der Waals surface area contributed by atoms with Gasteiger partial charge in [0, 0.05) is 17.4 Å². The molecule has 51 heavy (non-hydrogen) atoms. The normalized spacial score (nSPS) is 28.2. The summed E-state index contributed by atoms with van der Waals surface area (Å²) in [5.74, 6) is 6.13. The zero-order chi connectivity index (χ0) is 35.9. The molecule has 2 nitrogen and oxygen atoms in total. The number of benzene rings is 3. The van der Waals surface area contributed by atoms with E-state index in [2.05, 4.69) is 90.9 Å². The Morgan fingerprint density at radius 1 is 0.765 bits per heavy atom. The van der Waals surface area contributed by atoms with Gasteiger partial charge in [0.05, 0.1) is 0 Å². The van der Waals surface area contributed by atoms with E-state index >= 15 is 0 Å². The minimum Gasteiger partial charge on any atom is -0.487 e. The standard InChI is InChI=1S/C49H68O2/c1-32(2)11-8-12-33(3)13-9-14-34(4)15-10-26-48(6)27-24-44-41-20-17-37(31-39(41)29-35(5)47(44)51-48)36-16-19-40-38(30-36)18-21-43-42(40)25-28-49(7)45(43)22-23-46(49)50/h16-17,19-20,29-34,42-43,45H,8-15,18,21-28H2,1-7H3/t33-,34-,42-,43-,45+,48-,49+/m1/s1. The first kappa shape index (κ1) is 36.7. The summed E-state index contributed by atoms with van der Waals surface area (Å²) in [4.78, 5) is 12.8. The van der Waals surface area contributed by atoms with Crippen LogP contribution < -0.4 is 4.74 Å². The fraction of sp³-hybridized carbons (Fsp3) is 0.653. The number of carbonyl (C=O) groups is 1. The van der Waals surface area contributed by atoms with Crippen LogP contribution >= 0.6 is 0 Å². The van der Waals surface area contributed by atoms with Crippen LogP contribution in [0.25, 0.3) is 21.9 Å². The molecule has 3 aromatic rings. The Balaban J connectivity index is 0.965. The molecule has 3 aromatic carbocycles. The van der Waals surface area contributed by atoms with Gasteiger partial charge in [0.25, 0.3) is 0 Å². The molecule has 0 amide bonds. The molecular formula is C49H68O2. The topological polar surface area (TPSA) is 26.3 Å². The zero-order valence-corrected chi connectivity index (χ0v) is 33.3. The number of hydrogen-bond donors (Lipinski definition) is 0. The van der Waals surface area contributed by atoms with Crippen molar-refractivity contribution in [3.8, 4) is 16.9 Å². The molecule has 3 aliphatic carbocycles. The molecule has 2 fully saturated rings. The van der Waals surface area contributed by atoms with Crippen molar-refractivity contribution in [3.05, 3.63) is 64.7 Å². The Bertz CT molecular complexity index is 1710. The first-order valence-corrected chi connectivity index (χ1v) is 21.4. The van der Waals surface area contributed by atoms with E-state index in [0.717, 1.165) is 68.4 Å². The van der Waals surface area contributed by atoms with Gasteiger partial charge < -0.3 is 4.74 Å². The third-order valence-electron chi connectivity index (χ3n) is 14.7. The molecule has 1 aliphatic heterocycles. The average molecular weight is 689 g/mol. The second kappa shape index (κ2) is 15.0. The highest BCUT2D eigenvalue weighted by molar-refractivity contribution is 5.93. The van der Waals surface area contributed by atoms with Crippen molar-refractivity contribution in [2.75, 3.05) is 0 Å². The van der Waals surface area contributed by atoms with E-state index in [1.165, 1.54) is 97.2 Å². The van der Waals surface area contributed by atoms with E-state index < -0.39 is 0 Å². The molecule has 7 rings (SSSR count). The van der Waals surface area contributed by atoms with Gasteiger partial charge in [0.2, 0.25) is 0 Å². The van der Waals surface area contributed by atoms with Crippen LogP contribution in [0.5, 0.6) is 5.75 Å². The van der Waals surface area contributed by atoms with E-state index in [9.17, 15) is 4.79 Å². The highest BCUT2D eigenvalue weighted by Crippen LogP contribution is 2.59. The fourth-order valence-electron chi connectivity index (χ4n) is 11.4. The highest BCUT2D eigenvalue weighted by Gasteiger charge is 2.54. The number of Topliss-reactive ketones (excluding diaryl/α,β-unsaturated/α-hetero) is 1. The van der Waals surface area contributed by atoms with Gasteiger partial charge in [-0.1, -0.05) is 110 Å². The van der Waals surface area contributed by atoms with Crippen molar-refractivity contribution < 1.29 is 9.53 Å². The molecule has 2 saturated carbocycles. The van der Waals surface area contributed by atoms with Gasteiger partial charge in [0.15, 0.2) is 0 Å². The molecule has 7 atom stereocenters. The summed E-state index contributed by atoms with van der Waals surface area (Å²) < 4.78 is 6.95. The minimum atomic E-state index is -0.0670. The molecule has 0 spiro atoms. The molecule has 0 saturated heterocycles. The van der Waals surface area contributed by atoms with E-state index in [4.69, 9.17) is 4.74 Å². The maximum Gasteiger partial charge on any atom is 0.139 e. The van der Waals surface area contributed by atoms with Crippen LogP contribution in [0, 0.1) is 41.9 Å². The van der Waals surface area contributed by atoms with Crippen LogP contribution in [-0.4, -0.2) is 11.4 Å². The average Bonchev–Trinajstić information content (AvgIpc) is 3.41. The molecule has 0 N–H and O–H groups in total. The Morgan fingerprint density at radius 2 is 1.47 bits per heavy atom. The molecule has 2 heteroatoms. The largest absolute Gasteiger partial charge is 0.487 e. The molecular weight excluding hydrogens is 621 g/mol. The van der Waals surface area contributed by atoms with Crippen LogP contribution in [0.15, 0.2) is 42.5 Å². The van der Waals surface area contributed by atoms with Gasteiger partial charge >= 0.3 is 0 Å². The summed E-state index contributed by atoms with van der Waals surface area (Å²) in [6.07, 6.45) is 20.8. The second-order valence-electron chi connectivity index (χ2n) is 19.1. The molecule has 1 heterocycles. The van der Waals surface area contributed by atoms with Gasteiger partial charge in [-0.05, 0) is 158 Å². The summed E-state index contributed by atoms with van der Waals surface area (Å²) in [6, 6.07) is 16.9. The first-order chi connectivity index (χ1) is 24.4. The van der Waals surface area contributed by atoms with Crippen LogP contribution in [0.1, 0.15) is 166 Å². The Labute approximate surface area is 310 Å². The number of fused-ring (bicyclic) bond motifs is 8. The Morgan fingerprint density at radius 3 is 2.24 bits per heavy atom. The van der Waals surface area contributed by atoms with Crippen molar-refractivity contribution in [3.63, 3.8) is 0 Å². The van der Waals surface area contributed by atoms with E-state index in [-0.39, 0.29) is 11.0 Å². The minimum absolute atomic E-state index is 0.0474. The summed E-state index contributed by atoms with van der Waals surface area (Å²) in [5, 5.41) is 2.71. The Hall–Kier alpha value is -2.61. The molecule has 0 bridgehead atoms. The van der Waals surface area contributed by atoms with E-state index in [1.807, 2.05) is 0 Å². The van der Waals surface area contributed by atoms with Gasteiger partial charge in [-0.3, -0.25) is 4.79 Å². The van der Waals surface area contributed by atoms with Gasteiger partial charge in [-0.15, -0.1) is 0 Å². The lowest BCUT2D eigenvalue weighted by Crippen LogP contribution is -2.42. The van der Waals surface area contributed by atoms with Crippen molar-refractivity contribution in [1.82, 2.24) is 0 Å². The monoisotopic (exact) mass is 689 g/mol. The number of ether oxygens (including phenoxy) is 1. The third kappa shape index (κ3) is 7.59. The van der Waals surface area contributed by atoms with Gasteiger partial charge in [-0.25, -0.2) is 0 Å². The lowest BCUT2D eigenvalue weighted by molar-refractivity contribution is -0.129. The zero-order valence-electron chi connectivity index (χ0n) is 33.3. The second-order valence-corrected chi connectivity index (χ2v) is 19.1. The van der Waals surface area contributed by atoms with E-state index in [0.29, 0.717) is 23.5 Å². The van der Waals surface area contributed by atoms with Crippen LogP contribution in [0.2, 0.25) is 0 Å². The summed E-state index contributed by atoms with van der Waals surface area (Å²) in [7, 11) is 0. The van der Waals surface area contributed by atoms with E-state index in [1.54, 1.807) is 11.1 Å². The van der Waals surface area contributed by atoms with Crippen molar-refractivity contribution in [2.24, 2.45) is 35.0 Å². The number of aryl methyl sites for hydroxylation is 3. The smallest absolute Gasteiger partial charge is 0.139 e. The molecule has 0 radical (unpaired) electrons.